The standard InChI is InChI=1S/C30H23BrClIN2O4S/c1-3-23-25(29(37)38-2)26(18-9-5-4-6-10-18)35-28(36)24(40-30(35)34-23)15-17-13-20(31)27(22(33)14-17)39-16-19-11-7-8-12-21(19)32/h4-15,26H,3,16H2,1-2H3/b24-15-/t26-/m1/s1. The number of methoxy groups -OCH3 is 1. The van der Waals surface area contributed by atoms with Crippen LogP contribution in [0.3, 0.4) is 0 Å². The maximum absolute atomic E-state index is 13.8. The maximum Gasteiger partial charge on any atom is 0.338 e. The second-order valence-electron chi connectivity index (χ2n) is 8.89. The van der Waals surface area contributed by atoms with Gasteiger partial charge in [0, 0.05) is 10.6 Å². The van der Waals surface area contributed by atoms with Crippen LogP contribution in [-0.4, -0.2) is 17.6 Å². The summed E-state index contributed by atoms with van der Waals surface area (Å²) in [7, 11) is 1.34. The highest BCUT2D eigenvalue weighted by atomic mass is 127. The van der Waals surface area contributed by atoms with Gasteiger partial charge in [-0.2, -0.15) is 0 Å². The molecule has 0 amide bonds. The zero-order chi connectivity index (χ0) is 28.4. The van der Waals surface area contributed by atoms with E-state index in [9.17, 15) is 9.59 Å². The van der Waals surface area contributed by atoms with Gasteiger partial charge < -0.3 is 9.47 Å². The van der Waals surface area contributed by atoms with Crippen molar-refractivity contribution in [3.63, 3.8) is 0 Å². The second kappa shape index (κ2) is 12.4. The molecule has 5 rings (SSSR count). The Kier molecular flexibility index (Phi) is 8.94. The Hall–Kier alpha value is -2.73. The van der Waals surface area contributed by atoms with Crippen LogP contribution in [0.1, 0.15) is 36.1 Å². The number of nitrogens with zero attached hydrogens (tertiary/aromatic N) is 2. The molecule has 0 saturated heterocycles. The number of carbonyl (C=O) groups excluding carboxylic acids is 1. The van der Waals surface area contributed by atoms with E-state index in [0.29, 0.717) is 44.4 Å². The predicted octanol–water partition coefficient (Wildman–Crippen LogP) is 6.40. The Morgan fingerprint density at radius 3 is 2.58 bits per heavy atom. The summed E-state index contributed by atoms with van der Waals surface area (Å²) in [5, 5.41) is 0.649. The largest absolute Gasteiger partial charge is 0.487 e. The molecule has 4 aromatic rings. The molecule has 10 heteroatoms. The molecule has 1 aromatic heterocycles. The van der Waals surface area contributed by atoms with Gasteiger partial charge in [0.1, 0.15) is 12.4 Å². The first-order valence-electron chi connectivity index (χ1n) is 12.4. The van der Waals surface area contributed by atoms with E-state index in [-0.39, 0.29) is 5.56 Å². The average molecular weight is 750 g/mol. The van der Waals surface area contributed by atoms with Crippen molar-refractivity contribution in [3.05, 3.63) is 127 Å². The van der Waals surface area contributed by atoms with E-state index in [1.165, 1.54) is 18.4 Å². The molecule has 40 heavy (non-hydrogen) atoms. The Bertz CT molecular complexity index is 1790. The third kappa shape index (κ3) is 5.70. The lowest BCUT2D eigenvalue weighted by atomic mass is 9.95. The number of hydrogen-bond acceptors (Lipinski definition) is 6. The number of ether oxygens (including phenoxy) is 2. The predicted molar refractivity (Wildman–Crippen MR) is 169 cm³/mol. The summed E-state index contributed by atoms with van der Waals surface area (Å²) in [5.41, 5.74) is 3.31. The van der Waals surface area contributed by atoms with E-state index in [1.54, 1.807) is 4.57 Å². The van der Waals surface area contributed by atoms with E-state index in [0.717, 1.165) is 24.7 Å². The van der Waals surface area contributed by atoms with Gasteiger partial charge in [0.15, 0.2) is 4.80 Å². The van der Waals surface area contributed by atoms with Crippen molar-refractivity contribution in [2.75, 3.05) is 7.11 Å². The number of rotatable bonds is 7. The highest BCUT2D eigenvalue weighted by Gasteiger charge is 2.33. The number of carbonyl (C=O) groups is 1. The maximum atomic E-state index is 13.8. The highest BCUT2D eigenvalue weighted by molar-refractivity contribution is 14.1. The molecule has 0 unspecified atom stereocenters. The van der Waals surface area contributed by atoms with Crippen LogP contribution in [0.5, 0.6) is 5.75 Å². The van der Waals surface area contributed by atoms with Gasteiger partial charge in [-0.3, -0.25) is 9.36 Å². The van der Waals surface area contributed by atoms with Crippen LogP contribution in [-0.2, 0) is 16.1 Å². The number of hydrogen-bond donors (Lipinski definition) is 0. The minimum absolute atomic E-state index is 0.223. The summed E-state index contributed by atoms with van der Waals surface area (Å²) in [6, 6.07) is 20.3. The van der Waals surface area contributed by atoms with Crippen LogP contribution in [0.25, 0.3) is 6.08 Å². The van der Waals surface area contributed by atoms with Crippen molar-refractivity contribution in [2.24, 2.45) is 4.99 Å². The molecule has 0 radical (unpaired) electrons. The van der Waals surface area contributed by atoms with Gasteiger partial charge >= 0.3 is 5.97 Å². The fraction of sp³-hybridized carbons (Fsp3) is 0.167. The molecule has 3 aromatic carbocycles. The third-order valence-corrected chi connectivity index (χ3v) is 9.16. The molecule has 2 heterocycles. The lowest BCUT2D eigenvalue weighted by Crippen LogP contribution is -2.40. The lowest BCUT2D eigenvalue weighted by Gasteiger charge is -2.25. The summed E-state index contributed by atoms with van der Waals surface area (Å²) in [6.45, 7) is 2.26. The number of allylic oxidation sites excluding steroid dienone is 1. The van der Waals surface area contributed by atoms with Gasteiger partial charge in [-0.15, -0.1) is 0 Å². The number of halogens is 3. The summed E-state index contributed by atoms with van der Waals surface area (Å²) >= 11 is 13.4. The smallest absolute Gasteiger partial charge is 0.338 e. The SMILES string of the molecule is CCC1=C(C(=O)OC)[C@@H](c2ccccc2)n2c(s/c(=C\c3cc(Br)c(OCc4ccccc4Cl)c(I)c3)c2=O)=N1. The molecular weight excluding hydrogens is 727 g/mol. The van der Waals surface area contributed by atoms with Gasteiger partial charge in [-0.1, -0.05) is 78.4 Å². The van der Waals surface area contributed by atoms with E-state index in [2.05, 4.69) is 38.5 Å². The molecule has 1 atom stereocenters. The molecule has 0 bridgehead atoms. The van der Waals surface area contributed by atoms with Gasteiger partial charge in [-0.25, -0.2) is 9.79 Å². The third-order valence-electron chi connectivity index (χ3n) is 6.41. The van der Waals surface area contributed by atoms with Crippen LogP contribution < -0.4 is 19.6 Å². The van der Waals surface area contributed by atoms with Crippen LogP contribution >= 0.6 is 61.5 Å². The average Bonchev–Trinajstić information content (AvgIpc) is 3.26. The lowest BCUT2D eigenvalue weighted by molar-refractivity contribution is -0.136. The van der Waals surface area contributed by atoms with Crippen LogP contribution in [0, 0.1) is 3.57 Å². The molecule has 6 nitrogen and oxygen atoms in total. The highest BCUT2D eigenvalue weighted by Crippen LogP contribution is 2.34. The summed E-state index contributed by atoms with van der Waals surface area (Å²) in [4.78, 5) is 32.0. The molecule has 0 fully saturated rings. The minimum atomic E-state index is -0.630. The van der Waals surface area contributed by atoms with Gasteiger partial charge in [-0.05, 0) is 80.3 Å². The van der Waals surface area contributed by atoms with E-state index in [4.69, 9.17) is 26.1 Å². The van der Waals surface area contributed by atoms with E-state index in [1.807, 2.05) is 79.7 Å². The zero-order valence-corrected chi connectivity index (χ0v) is 26.8. The molecule has 1 aliphatic heterocycles. The van der Waals surface area contributed by atoms with E-state index < -0.39 is 12.0 Å². The first-order chi connectivity index (χ1) is 19.3. The first kappa shape index (κ1) is 28.8. The molecular formula is C30H23BrClIN2O4S. The number of fused-ring (bicyclic) bond motifs is 1. The number of thiazole rings is 1. The second-order valence-corrected chi connectivity index (χ2v) is 12.3. The summed E-state index contributed by atoms with van der Waals surface area (Å²) in [5.74, 6) is 0.202. The van der Waals surface area contributed by atoms with Crippen molar-refractivity contribution in [1.82, 2.24) is 4.57 Å². The summed E-state index contributed by atoms with van der Waals surface area (Å²) < 4.78 is 14.9. The molecule has 204 valence electrons. The van der Waals surface area contributed by atoms with Gasteiger partial charge in [0.05, 0.1) is 37.0 Å². The Balaban J connectivity index is 1.57. The van der Waals surface area contributed by atoms with Crippen molar-refractivity contribution < 1.29 is 14.3 Å². The fourth-order valence-electron chi connectivity index (χ4n) is 4.53. The molecule has 0 N–H and O–H groups in total. The number of esters is 1. The Morgan fingerprint density at radius 2 is 1.90 bits per heavy atom. The van der Waals surface area contributed by atoms with E-state index >= 15 is 0 Å². The Labute approximate surface area is 261 Å². The van der Waals surface area contributed by atoms with Crippen LogP contribution in [0.2, 0.25) is 5.02 Å². The minimum Gasteiger partial charge on any atom is -0.487 e. The molecule has 1 aliphatic rings. The van der Waals surface area contributed by atoms with Crippen LogP contribution in [0.15, 0.2) is 92.3 Å². The topological polar surface area (TPSA) is 69.9 Å². The first-order valence-corrected chi connectivity index (χ1v) is 15.4. The van der Waals surface area contributed by atoms with Crippen LogP contribution in [0.4, 0.5) is 0 Å². The zero-order valence-electron chi connectivity index (χ0n) is 21.5. The normalized spacial score (nSPS) is 15.0. The molecule has 0 saturated carbocycles. The van der Waals surface area contributed by atoms with Crippen molar-refractivity contribution in [2.45, 2.75) is 26.0 Å². The van der Waals surface area contributed by atoms with Crippen molar-refractivity contribution in [1.29, 1.82) is 0 Å². The quantitative estimate of drug-likeness (QED) is 0.162. The van der Waals surface area contributed by atoms with Gasteiger partial charge in [0.2, 0.25) is 0 Å². The van der Waals surface area contributed by atoms with Crippen molar-refractivity contribution >= 4 is 73.5 Å². The Morgan fingerprint density at radius 1 is 1.18 bits per heavy atom. The summed E-state index contributed by atoms with van der Waals surface area (Å²) in [6.07, 6.45) is 2.36. The number of aromatic nitrogens is 1. The van der Waals surface area contributed by atoms with Crippen molar-refractivity contribution in [3.8, 4) is 5.75 Å². The fourth-order valence-corrected chi connectivity index (χ4v) is 7.51. The molecule has 0 spiro atoms. The molecule has 0 aliphatic carbocycles. The number of benzene rings is 3. The monoisotopic (exact) mass is 748 g/mol. The van der Waals surface area contributed by atoms with Gasteiger partial charge in [0.25, 0.3) is 5.56 Å².